The molecule has 1 atom stereocenters. The second-order valence-electron chi connectivity index (χ2n) is 8.55. The van der Waals surface area contributed by atoms with Gasteiger partial charge in [-0.15, -0.1) is 0 Å². The molecule has 1 aromatic carbocycles. The zero-order valence-corrected chi connectivity index (χ0v) is 17.9. The van der Waals surface area contributed by atoms with Gasteiger partial charge in [-0.1, -0.05) is 0 Å². The summed E-state index contributed by atoms with van der Waals surface area (Å²) >= 11 is 0. The zero-order chi connectivity index (χ0) is 22.7. The summed E-state index contributed by atoms with van der Waals surface area (Å²) in [5, 5.41) is 23.9. The second kappa shape index (κ2) is 9.66. The minimum absolute atomic E-state index is 0.0767. The van der Waals surface area contributed by atoms with Gasteiger partial charge in [0.15, 0.2) is 0 Å². The van der Waals surface area contributed by atoms with E-state index in [-0.39, 0.29) is 30.1 Å². The average molecular weight is 445 g/mol. The summed E-state index contributed by atoms with van der Waals surface area (Å²) < 4.78 is 14.9. The van der Waals surface area contributed by atoms with Crippen LogP contribution in [-0.2, 0) is 0 Å². The van der Waals surface area contributed by atoms with Gasteiger partial charge in [-0.2, -0.15) is 0 Å². The smallest absolute Gasteiger partial charge is 0.311 e. The summed E-state index contributed by atoms with van der Waals surface area (Å²) in [7, 11) is 0. The van der Waals surface area contributed by atoms with E-state index in [1.807, 2.05) is 4.90 Å². The van der Waals surface area contributed by atoms with Crippen molar-refractivity contribution in [2.45, 2.75) is 31.7 Å². The summed E-state index contributed by atoms with van der Waals surface area (Å²) in [6, 6.07) is 7.91. The number of pyridine rings is 1. The molecular weight excluding hydrogens is 415 g/mol. The number of hydrogen-bond acceptors (Lipinski definition) is 8. The number of rotatable bonds is 6. The Morgan fingerprint density at radius 1 is 1.19 bits per heavy atom. The molecule has 32 heavy (non-hydrogen) atoms. The Hall–Kier alpha value is -2.98. The van der Waals surface area contributed by atoms with E-state index >= 15 is 0 Å². The number of halogens is 1. The molecule has 2 aliphatic rings. The van der Waals surface area contributed by atoms with Crippen molar-refractivity contribution in [2.75, 3.05) is 47.9 Å². The maximum atomic E-state index is 14.9. The second-order valence-corrected chi connectivity index (χ2v) is 8.55. The number of aromatic nitrogens is 1. The molecule has 0 bridgehead atoms. The summed E-state index contributed by atoms with van der Waals surface area (Å²) in [4.78, 5) is 19.5. The van der Waals surface area contributed by atoms with Gasteiger partial charge < -0.3 is 26.0 Å². The molecule has 3 heterocycles. The lowest BCUT2D eigenvalue weighted by Gasteiger charge is -2.33. The van der Waals surface area contributed by atoms with E-state index in [4.69, 9.17) is 5.73 Å². The molecular formula is C22H29FN6O3. The Balaban J connectivity index is 1.55. The first-order valence-corrected chi connectivity index (χ1v) is 11.0. The molecule has 2 fully saturated rings. The van der Waals surface area contributed by atoms with Crippen molar-refractivity contribution in [1.82, 2.24) is 4.98 Å². The van der Waals surface area contributed by atoms with E-state index in [2.05, 4.69) is 15.2 Å². The standard InChI is InChI=1S/C22H29FN6O3/c23-18-12-17(3-4-19(18)28-9-1-2-15(13-28)14-30)25-22-20(29(31)32)5-6-21(26-22)27-10-7-16(24)8-11-27/h3-6,12,15-16,30H,1-2,7-11,13-14,24H2,(H,25,26). The number of benzene rings is 1. The predicted octanol–water partition coefficient (Wildman–Crippen LogP) is 3.01. The number of aliphatic hydroxyl groups excluding tert-OH is 1. The van der Waals surface area contributed by atoms with Crippen molar-refractivity contribution in [3.63, 3.8) is 0 Å². The number of piperidine rings is 2. The molecule has 0 amide bonds. The zero-order valence-electron chi connectivity index (χ0n) is 17.9. The van der Waals surface area contributed by atoms with Crippen LogP contribution in [0.4, 0.5) is 33.1 Å². The molecule has 172 valence electrons. The molecule has 0 spiro atoms. The number of anilines is 4. The molecule has 1 aromatic heterocycles. The van der Waals surface area contributed by atoms with E-state index in [0.717, 1.165) is 45.3 Å². The largest absolute Gasteiger partial charge is 0.396 e. The lowest BCUT2D eigenvalue weighted by Crippen LogP contribution is -2.40. The maximum Gasteiger partial charge on any atom is 0.311 e. The third-order valence-electron chi connectivity index (χ3n) is 6.25. The molecule has 10 heteroatoms. The molecule has 0 saturated carbocycles. The van der Waals surface area contributed by atoms with Crippen molar-refractivity contribution >= 4 is 28.7 Å². The number of hydrogen-bond donors (Lipinski definition) is 3. The van der Waals surface area contributed by atoms with Gasteiger partial charge in [-0.3, -0.25) is 10.1 Å². The van der Waals surface area contributed by atoms with Crippen LogP contribution in [0.15, 0.2) is 30.3 Å². The fourth-order valence-corrected chi connectivity index (χ4v) is 4.40. The normalized spacial score (nSPS) is 19.8. The molecule has 0 radical (unpaired) electrons. The lowest BCUT2D eigenvalue weighted by molar-refractivity contribution is -0.384. The maximum absolute atomic E-state index is 14.9. The van der Waals surface area contributed by atoms with E-state index in [0.29, 0.717) is 23.7 Å². The van der Waals surface area contributed by atoms with Gasteiger partial charge in [0.05, 0.1) is 10.6 Å². The van der Waals surface area contributed by atoms with Crippen LogP contribution >= 0.6 is 0 Å². The highest BCUT2D eigenvalue weighted by molar-refractivity contribution is 5.69. The van der Waals surface area contributed by atoms with Gasteiger partial charge >= 0.3 is 5.69 Å². The highest BCUT2D eigenvalue weighted by Crippen LogP contribution is 2.32. The molecule has 2 aromatic rings. The van der Waals surface area contributed by atoms with Gasteiger partial charge in [-0.25, -0.2) is 9.37 Å². The molecule has 2 saturated heterocycles. The highest BCUT2D eigenvalue weighted by atomic mass is 19.1. The van der Waals surface area contributed by atoms with Gasteiger partial charge in [0.1, 0.15) is 11.6 Å². The first kappa shape index (κ1) is 22.2. The first-order chi connectivity index (χ1) is 15.4. The summed E-state index contributed by atoms with van der Waals surface area (Å²) in [6.07, 6.45) is 3.50. The highest BCUT2D eigenvalue weighted by Gasteiger charge is 2.24. The third-order valence-corrected chi connectivity index (χ3v) is 6.25. The number of nitrogens with two attached hydrogens (primary N) is 1. The first-order valence-electron chi connectivity index (χ1n) is 11.0. The number of nitro groups is 1. The van der Waals surface area contributed by atoms with Crippen molar-refractivity contribution in [3.05, 3.63) is 46.3 Å². The molecule has 0 aliphatic carbocycles. The van der Waals surface area contributed by atoms with Crippen molar-refractivity contribution in [1.29, 1.82) is 0 Å². The average Bonchev–Trinajstić information content (AvgIpc) is 2.79. The Morgan fingerprint density at radius 3 is 2.66 bits per heavy atom. The Labute approximate surface area is 186 Å². The van der Waals surface area contributed by atoms with Crippen LogP contribution in [0.25, 0.3) is 0 Å². The van der Waals surface area contributed by atoms with Gasteiger partial charge in [0.25, 0.3) is 0 Å². The minimum atomic E-state index is -0.501. The monoisotopic (exact) mass is 444 g/mol. The Bertz CT molecular complexity index is 967. The number of nitrogens with zero attached hydrogens (tertiary/aromatic N) is 4. The van der Waals surface area contributed by atoms with E-state index in [1.165, 1.54) is 12.1 Å². The van der Waals surface area contributed by atoms with Crippen LogP contribution < -0.4 is 20.9 Å². The Kier molecular flexibility index (Phi) is 6.71. The lowest BCUT2D eigenvalue weighted by atomic mass is 9.98. The van der Waals surface area contributed by atoms with E-state index in [1.54, 1.807) is 18.2 Å². The number of aliphatic hydroxyl groups is 1. The van der Waals surface area contributed by atoms with Crippen LogP contribution in [0.3, 0.4) is 0 Å². The van der Waals surface area contributed by atoms with Crippen LogP contribution in [0.2, 0.25) is 0 Å². The van der Waals surface area contributed by atoms with Gasteiger partial charge in [0, 0.05) is 50.6 Å². The van der Waals surface area contributed by atoms with Crippen LogP contribution in [0, 0.1) is 21.8 Å². The van der Waals surface area contributed by atoms with Crippen molar-refractivity contribution in [2.24, 2.45) is 11.7 Å². The molecule has 4 rings (SSSR count). The number of nitrogens with one attached hydrogen (secondary N) is 1. The summed E-state index contributed by atoms with van der Waals surface area (Å²) in [6.45, 7) is 2.90. The van der Waals surface area contributed by atoms with E-state index < -0.39 is 10.7 Å². The van der Waals surface area contributed by atoms with Crippen molar-refractivity contribution < 1.29 is 14.4 Å². The van der Waals surface area contributed by atoms with E-state index in [9.17, 15) is 19.6 Å². The summed E-state index contributed by atoms with van der Waals surface area (Å²) in [5.41, 5.74) is 6.65. The quantitative estimate of drug-likeness (QED) is 0.459. The fraction of sp³-hybridized carbons (Fsp3) is 0.500. The fourth-order valence-electron chi connectivity index (χ4n) is 4.40. The molecule has 4 N–H and O–H groups in total. The SMILES string of the molecule is NC1CCN(c2ccc([N+](=O)[O-])c(Nc3ccc(N4CCCC(CO)C4)c(F)c3)n2)CC1. The predicted molar refractivity (Wildman–Crippen MR) is 122 cm³/mol. The Morgan fingerprint density at radius 2 is 1.97 bits per heavy atom. The van der Waals surface area contributed by atoms with Gasteiger partial charge in [0.2, 0.25) is 5.82 Å². The van der Waals surface area contributed by atoms with Crippen LogP contribution in [0.5, 0.6) is 0 Å². The van der Waals surface area contributed by atoms with Gasteiger partial charge in [-0.05, 0) is 55.9 Å². The van der Waals surface area contributed by atoms with Crippen LogP contribution in [-0.4, -0.2) is 53.8 Å². The van der Waals surface area contributed by atoms with Crippen LogP contribution in [0.1, 0.15) is 25.7 Å². The molecule has 9 nitrogen and oxygen atoms in total. The minimum Gasteiger partial charge on any atom is -0.396 e. The summed E-state index contributed by atoms with van der Waals surface area (Å²) in [5.74, 6) is 0.426. The third kappa shape index (κ3) is 4.91. The molecule has 1 unspecified atom stereocenters. The topological polar surface area (TPSA) is 121 Å². The molecule has 2 aliphatic heterocycles. The van der Waals surface area contributed by atoms with Crippen molar-refractivity contribution in [3.8, 4) is 0 Å².